The van der Waals surface area contributed by atoms with E-state index in [1.165, 1.54) is 0 Å². The van der Waals surface area contributed by atoms with Crippen LogP contribution in [-0.4, -0.2) is 35.7 Å². The van der Waals surface area contributed by atoms with Crippen LogP contribution in [0.5, 0.6) is 0 Å². The molecule has 3 nitrogen and oxygen atoms in total. The Balaban J connectivity index is 3.44. The quantitative estimate of drug-likeness (QED) is 0.589. The summed E-state index contributed by atoms with van der Waals surface area (Å²) in [5, 5.41) is 11.3. The Hall–Kier alpha value is -0.220. The number of hydrogen-bond acceptors (Lipinski definition) is 3. The summed E-state index contributed by atoms with van der Waals surface area (Å²) in [6.45, 7) is 2.07. The van der Waals surface area contributed by atoms with Gasteiger partial charge in [0.25, 0.3) is 0 Å². The molecule has 0 bridgehead atoms. The molecule has 1 atom stereocenters. The van der Waals surface area contributed by atoms with Gasteiger partial charge in [-0.3, -0.25) is 4.79 Å². The van der Waals surface area contributed by atoms with Gasteiger partial charge in [-0.05, 0) is 25.0 Å². The van der Waals surface area contributed by atoms with Crippen LogP contribution in [0.4, 0.5) is 0 Å². The first-order valence-electron chi connectivity index (χ1n) is 3.70. The smallest absolute Gasteiger partial charge is 0.320 e. The molecule has 0 saturated heterocycles. The highest BCUT2D eigenvalue weighted by atomic mass is 32.2. The summed E-state index contributed by atoms with van der Waals surface area (Å²) in [7, 11) is 1.68. The number of aliphatic carboxylic acids is 1. The molecule has 2 N–H and O–H groups in total. The fraction of sp³-hybridized carbons (Fsp3) is 0.857. The molecular formula is C7H15NO2S. The van der Waals surface area contributed by atoms with E-state index in [1.807, 2.05) is 0 Å². The van der Waals surface area contributed by atoms with Crippen LogP contribution in [0.3, 0.4) is 0 Å². The third-order valence-electron chi connectivity index (χ3n) is 1.40. The Bertz CT molecular complexity index is 119. The molecule has 66 valence electrons. The maximum Gasteiger partial charge on any atom is 0.320 e. The molecule has 0 aliphatic rings. The fourth-order valence-corrected chi connectivity index (χ4v) is 1.43. The Labute approximate surface area is 71.6 Å². The predicted octanol–water partition coefficient (Wildman–Crippen LogP) is 0.802. The van der Waals surface area contributed by atoms with Crippen LogP contribution in [0.1, 0.15) is 13.3 Å². The zero-order valence-electron chi connectivity index (χ0n) is 6.96. The highest BCUT2D eigenvalue weighted by Gasteiger charge is 2.12. The van der Waals surface area contributed by atoms with Crippen molar-refractivity contribution in [2.24, 2.45) is 0 Å². The van der Waals surface area contributed by atoms with Crippen LogP contribution in [0.15, 0.2) is 0 Å². The number of hydrogen-bond donors (Lipinski definition) is 2. The molecule has 0 radical (unpaired) electrons. The molecule has 0 spiro atoms. The molecule has 0 saturated carbocycles. The fourth-order valence-electron chi connectivity index (χ4n) is 0.737. The van der Waals surface area contributed by atoms with E-state index in [2.05, 4.69) is 12.2 Å². The summed E-state index contributed by atoms with van der Waals surface area (Å²) in [6, 6.07) is -0.381. The van der Waals surface area contributed by atoms with Gasteiger partial charge in [0.05, 0.1) is 0 Å². The van der Waals surface area contributed by atoms with E-state index in [0.29, 0.717) is 6.42 Å². The summed E-state index contributed by atoms with van der Waals surface area (Å²) in [6.07, 6.45) is 0.699. The molecule has 0 unspecified atom stereocenters. The normalized spacial score (nSPS) is 12.9. The number of carboxylic acids is 1. The van der Waals surface area contributed by atoms with Crippen molar-refractivity contribution in [2.45, 2.75) is 19.4 Å². The van der Waals surface area contributed by atoms with Crippen LogP contribution < -0.4 is 5.32 Å². The summed E-state index contributed by atoms with van der Waals surface area (Å²) in [5.41, 5.74) is 0. The molecule has 0 aromatic carbocycles. The Kier molecular flexibility index (Phi) is 6.36. The van der Waals surface area contributed by atoms with E-state index in [4.69, 9.17) is 5.11 Å². The molecule has 0 aromatic rings. The van der Waals surface area contributed by atoms with Crippen LogP contribution in [0.25, 0.3) is 0 Å². The van der Waals surface area contributed by atoms with Gasteiger partial charge in [0.15, 0.2) is 0 Å². The predicted molar refractivity (Wildman–Crippen MR) is 48.1 cm³/mol. The Morgan fingerprint density at radius 1 is 1.73 bits per heavy atom. The van der Waals surface area contributed by atoms with Gasteiger partial charge in [-0.25, -0.2) is 0 Å². The van der Waals surface area contributed by atoms with E-state index in [0.717, 1.165) is 11.5 Å². The van der Waals surface area contributed by atoms with Gasteiger partial charge in [-0.15, -0.1) is 0 Å². The molecule has 4 heteroatoms. The summed E-state index contributed by atoms with van der Waals surface area (Å²) < 4.78 is 0. The van der Waals surface area contributed by atoms with E-state index in [1.54, 1.807) is 18.8 Å². The lowest BCUT2D eigenvalue weighted by Gasteiger charge is -2.09. The molecule has 0 fully saturated rings. The average molecular weight is 177 g/mol. The maximum absolute atomic E-state index is 10.5. The van der Waals surface area contributed by atoms with Gasteiger partial charge >= 0.3 is 5.97 Å². The van der Waals surface area contributed by atoms with Crippen molar-refractivity contribution >= 4 is 17.7 Å². The van der Waals surface area contributed by atoms with Crippen LogP contribution >= 0.6 is 11.8 Å². The van der Waals surface area contributed by atoms with Crippen molar-refractivity contribution in [3.05, 3.63) is 0 Å². The number of carboxylic acid groups (broad SMARTS) is 1. The number of rotatable bonds is 6. The SMILES string of the molecule is CCSCC[C@H](NC)C(=O)O. The minimum Gasteiger partial charge on any atom is -0.480 e. The first kappa shape index (κ1) is 10.8. The summed E-state index contributed by atoms with van der Waals surface area (Å²) in [5.74, 6) is 1.20. The number of nitrogens with one attached hydrogen (secondary N) is 1. The van der Waals surface area contributed by atoms with Crippen molar-refractivity contribution in [3.63, 3.8) is 0 Å². The van der Waals surface area contributed by atoms with Gasteiger partial charge in [0.1, 0.15) is 6.04 Å². The lowest BCUT2D eigenvalue weighted by molar-refractivity contribution is -0.139. The molecule has 0 aromatic heterocycles. The second-order valence-electron chi connectivity index (χ2n) is 2.17. The largest absolute Gasteiger partial charge is 0.480 e. The lowest BCUT2D eigenvalue weighted by Crippen LogP contribution is -2.34. The highest BCUT2D eigenvalue weighted by Crippen LogP contribution is 2.03. The minimum absolute atomic E-state index is 0.381. The zero-order valence-corrected chi connectivity index (χ0v) is 7.78. The summed E-state index contributed by atoms with van der Waals surface area (Å²) in [4.78, 5) is 10.5. The van der Waals surface area contributed by atoms with Crippen LogP contribution in [-0.2, 0) is 4.79 Å². The molecule has 11 heavy (non-hydrogen) atoms. The first-order valence-corrected chi connectivity index (χ1v) is 4.85. The average Bonchev–Trinajstić information content (AvgIpc) is 1.97. The van der Waals surface area contributed by atoms with Crippen LogP contribution in [0.2, 0.25) is 0 Å². The Morgan fingerprint density at radius 3 is 2.73 bits per heavy atom. The zero-order chi connectivity index (χ0) is 8.69. The van der Waals surface area contributed by atoms with E-state index in [9.17, 15) is 4.79 Å². The lowest BCUT2D eigenvalue weighted by atomic mass is 10.2. The number of likely N-dealkylation sites (N-methyl/N-ethyl adjacent to an activating group) is 1. The summed E-state index contributed by atoms with van der Waals surface area (Å²) >= 11 is 1.77. The van der Waals surface area contributed by atoms with E-state index >= 15 is 0 Å². The van der Waals surface area contributed by atoms with Gasteiger partial charge in [0, 0.05) is 0 Å². The van der Waals surface area contributed by atoms with Crippen molar-refractivity contribution in [3.8, 4) is 0 Å². The monoisotopic (exact) mass is 177 g/mol. The van der Waals surface area contributed by atoms with Crippen molar-refractivity contribution in [1.82, 2.24) is 5.32 Å². The molecule has 0 aliphatic carbocycles. The molecule has 0 rings (SSSR count). The van der Waals surface area contributed by atoms with Crippen LogP contribution in [0, 0.1) is 0 Å². The standard InChI is InChI=1S/C7H15NO2S/c1-3-11-5-4-6(8-2)7(9)10/h6,8H,3-5H2,1-2H3,(H,9,10)/t6-/m0/s1. The molecule has 0 heterocycles. The maximum atomic E-state index is 10.5. The van der Waals surface area contributed by atoms with Gasteiger partial charge < -0.3 is 10.4 Å². The number of thioether (sulfide) groups is 1. The second-order valence-corrected chi connectivity index (χ2v) is 3.56. The first-order chi connectivity index (χ1) is 5.22. The third kappa shape index (κ3) is 5.09. The molecular weight excluding hydrogens is 162 g/mol. The second kappa shape index (κ2) is 6.49. The molecule has 0 aliphatic heterocycles. The Morgan fingerprint density at radius 2 is 2.36 bits per heavy atom. The van der Waals surface area contributed by atoms with E-state index < -0.39 is 5.97 Å². The molecule has 0 amide bonds. The third-order valence-corrected chi connectivity index (χ3v) is 2.33. The highest BCUT2D eigenvalue weighted by molar-refractivity contribution is 7.99. The minimum atomic E-state index is -0.760. The van der Waals surface area contributed by atoms with E-state index in [-0.39, 0.29) is 6.04 Å². The van der Waals surface area contributed by atoms with Crippen molar-refractivity contribution < 1.29 is 9.90 Å². The van der Waals surface area contributed by atoms with Gasteiger partial charge in [-0.1, -0.05) is 6.92 Å². The van der Waals surface area contributed by atoms with Gasteiger partial charge in [0.2, 0.25) is 0 Å². The van der Waals surface area contributed by atoms with Crippen molar-refractivity contribution in [2.75, 3.05) is 18.6 Å². The van der Waals surface area contributed by atoms with Crippen molar-refractivity contribution in [1.29, 1.82) is 0 Å². The topological polar surface area (TPSA) is 49.3 Å². The van der Waals surface area contributed by atoms with Gasteiger partial charge in [-0.2, -0.15) is 11.8 Å². The number of carbonyl (C=O) groups is 1.